The van der Waals surface area contributed by atoms with Crippen LogP contribution in [0.25, 0.3) is 5.76 Å². The lowest BCUT2D eigenvalue weighted by molar-refractivity contribution is -0.155. The van der Waals surface area contributed by atoms with Crippen LogP contribution in [0.4, 0.5) is 0 Å². The maximum absolute atomic E-state index is 13.8. The highest BCUT2D eigenvalue weighted by Crippen LogP contribution is 2.58. The molecule has 0 saturated heterocycles. The van der Waals surface area contributed by atoms with E-state index < -0.39 is 70.3 Å². The van der Waals surface area contributed by atoms with Crippen molar-refractivity contribution in [3.8, 4) is 5.75 Å². The first-order chi connectivity index (χ1) is 16.6. The van der Waals surface area contributed by atoms with Crippen molar-refractivity contribution in [2.75, 3.05) is 0 Å². The number of nitrogens with two attached hydrogens (primary N) is 1. The van der Waals surface area contributed by atoms with E-state index in [0.29, 0.717) is 5.56 Å². The summed E-state index contributed by atoms with van der Waals surface area (Å²) in [6.45, 7) is 7.46. The minimum absolute atomic E-state index is 0.0249. The Morgan fingerprint density at radius 2 is 1.78 bits per heavy atom. The van der Waals surface area contributed by atoms with Gasteiger partial charge in [0, 0.05) is 36.7 Å². The number of Topliss-reactive ketones (excluding diaryl/α,β-unsaturated/α-hetero) is 3. The van der Waals surface area contributed by atoms with E-state index in [4.69, 9.17) is 5.73 Å². The minimum Gasteiger partial charge on any atom is -0.508 e. The average molecular weight is 498 g/mol. The normalized spacial score (nSPS) is 30.0. The highest BCUT2D eigenvalue weighted by Gasteiger charge is 2.65. The van der Waals surface area contributed by atoms with E-state index in [9.17, 15) is 39.6 Å². The number of fused-ring (bicyclic) bond motifs is 3. The first-order valence-corrected chi connectivity index (χ1v) is 11.9. The molecule has 1 aromatic carbocycles. The molecular formula is C27H31NO8. The SMILES string of the molecule is CC1c2cccc(O)c2C(O)=C2C(=O)C3(O)C(O)=C(C(N)=O)C(=O)CC3C(CC(=O)CC(C)(C)C)C21. The predicted octanol–water partition coefficient (Wildman–Crippen LogP) is 2.61. The van der Waals surface area contributed by atoms with E-state index in [2.05, 4.69) is 0 Å². The van der Waals surface area contributed by atoms with Crippen molar-refractivity contribution in [2.45, 2.75) is 58.5 Å². The molecule has 5 unspecified atom stereocenters. The zero-order valence-electron chi connectivity index (χ0n) is 20.7. The number of phenolic OH excluding ortho intramolecular Hbond substituents is 1. The molecule has 1 amide bonds. The third-order valence-corrected chi connectivity index (χ3v) is 7.75. The Balaban J connectivity index is 1.99. The van der Waals surface area contributed by atoms with Crippen LogP contribution in [-0.2, 0) is 19.2 Å². The van der Waals surface area contributed by atoms with Crippen LogP contribution in [0.5, 0.6) is 5.75 Å². The summed E-state index contributed by atoms with van der Waals surface area (Å²) in [5, 5.41) is 44.3. The van der Waals surface area contributed by atoms with E-state index in [1.165, 1.54) is 6.07 Å². The lowest BCUT2D eigenvalue weighted by Gasteiger charge is -2.52. The lowest BCUT2D eigenvalue weighted by Crippen LogP contribution is -2.62. The Bertz CT molecular complexity index is 1270. The molecular weight excluding hydrogens is 466 g/mol. The Morgan fingerprint density at radius 3 is 2.36 bits per heavy atom. The van der Waals surface area contributed by atoms with Crippen molar-refractivity contribution in [3.05, 3.63) is 46.2 Å². The molecule has 9 nitrogen and oxygen atoms in total. The number of aliphatic hydroxyl groups is 3. The number of ketones is 3. The summed E-state index contributed by atoms with van der Waals surface area (Å²) in [5.41, 5.74) is 1.63. The first kappa shape index (κ1) is 25.6. The number of primary amides is 1. The smallest absolute Gasteiger partial charge is 0.255 e. The van der Waals surface area contributed by atoms with Crippen molar-refractivity contribution in [1.82, 2.24) is 0 Å². The number of carbonyl (C=O) groups excluding carboxylic acids is 4. The van der Waals surface area contributed by atoms with Gasteiger partial charge in [0.25, 0.3) is 5.91 Å². The van der Waals surface area contributed by atoms with Crippen LogP contribution < -0.4 is 5.73 Å². The van der Waals surface area contributed by atoms with E-state index in [0.717, 1.165) is 0 Å². The van der Waals surface area contributed by atoms with Crippen molar-refractivity contribution in [1.29, 1.82) is 0 Å². The van der Waals surface area contributed by atoms with Crippen molar-refractivity contribution in [2.24, 2.45) is 28.9 Å². The summed E-state index contributed by atoms with van der Waals surface area (Å²) >= 11 is 0. The standard InChI is InChI=1S/C27H31NO8/c1-11-13-6-5-7-16(30)19(13)22(32)21-18(11)14(8-12(29)10-26(2,3)4)15-9-17(31)20(25(28)35)23(33)27(15,36)24(21)34/h5-7,11,14-15,18,30,32-33,36H,8-10H2,1-4H3,(H2,28,35). The largest absolute Gasteiger partial charge is 0.508 e. The van der Waals surface area contributed by atoms with Gasteiger partial charge in [-0.15, -0.1) is 0 Å². The summed E-state index contributed by atoms with van der Waals surface area (Å²) in [6.07, 6.45) is -0.430. The van der Waals surface area contributed by atoms with Crippen LogP contribution in [-0.4, -0.2) is 49.3 Å². The molecule has 4 rings (SSSR count). The molecule has 3 aliphatic carbocycles. The molecule has 0 spiro atoms. The van der Waals surface area contributed by atoms with Gasteiger partial charge in [-0.2, -0.15) is 0 Å². The van der Waals surface area contributed by atoms with E-state index >= 15 is 0 Å². The van der Waals surface area contributed by atoms with E-state index in [1.54, 1.807) is 19.1 Å². The van der Waals surface area contributed by atoms with E-state index in [1.807, 2.05) is 20.8 Å². The van der Waals surface area contributed by atoms with Gasteiger partial charge in [0.05, 0.1) is 5.56 Å². The molecule has 1 aromatic rings. The average Bonchev–Trinajstić information content (AvgIpc) is 2.74. The van der Waals surface area contributed by atoms with Crippen LogP contribution in [0.2, 0.25) is 0 Å². The summed E-state index contributed by atoms with van der Waals surface area (Å²) in [7, 11) is 0. The molecule has 0 heterocycles. The maximum Gasteiger partial charge on any atom is 0.255 e. The Kier molecular flexibility index (Phi) is 5.91. The van der Waals surface area contributed by atoms with Gasteiger partial charge in [-0.25, -0.2) is 0 Å². The quantitative estimate of drug-likeness (QED) is 0.394. The molecule has 5 atom stereocenters. The minimum atomic E-state index is -2.74. The second-order valence-electron chi connectivity index (χ2n) is 11.4. The van der Waals surface area contributed by atoms with Gasteiger partial charge in [0.15, 0.2) is 11.4 Å². The third kappa shape index (κ3) is 3.64. The summed E-state index contributed by atoms with van der Waals surface area (Å²) in [5.74, 6) is -8.74. The number of aromatic hydroxyl groups is 1. The lowest BCUT2D eigenvalue weighted by atomic mass is 9.51. The Morgan fingerprint density at radius 1 is 1.14 bits per heavy atom. The van der Waals surface area contributed by atoms with Crippen LogP contribution in [0.15, 0.2) is 35.1 Å². The fourth-order valence-corrected chi connectivity index (χ4v) is 6.37. The number of benzene rings is 1. The first-order valence-electron chi connectivity index (χ1n) is 11.9. The van der Waals surface area contributed by atoms with Gasteiger partial charge in [-0.3, -0.25) is 19.2 Å². The zero-order chi connectivity index (χ0) is 26.9. The Labute approximate surface area is 208 Å². The Hall–Kier alpha value is -3.46. The van der Waals surface area contributed by atoms with Gasteiger partial charge in [0.2, 0.25) is 5.78 Å². The molecule has 3 aliphatic rings. The zero-order valence-corrected chi connectivity index (χ0v) is 20.7. The van der Waals surface area contributed by atoms with Crippen molar-refractivity contribution >= 4 is 29.0 Å². The van der Waals surface area contributed by atoms with Gasteiger partial charge in [0.1, 0.15) is 28.6 Å². The molecule has 36 heavy (non-hydrogen) atoms. The molecule has 1 fully saturated rings. The highest BCUT2D eigenvalue weighted by molar-refractivity contribution is 6.23. The van der Waals surface area contributed by atoms with Crippen molar-refractivity contribution in [3.63, 3.8) is 0 Å². The monoisotopic (exact) mass is 497 g/mol. The van der Waals surface area contributed by atoms with Gasteiger partial charge >= 0.3 is 0 Å². The van der Waals surface area contributed by atoms with Gasteiger partial charge < -0.3 is 26.2 Å². The summed E-state index contributed by atoms with van der Waals surface area (Å²) in [6, 6.07) is 4.64. The molecule has 0 bridgehead atoms. The predicted molar refractivity (Wildman–Crippen MR) is 129 cm³/mol. The molecule has 9 heteroatoms. The molecule has 6 N–H and O–H groups in total. The fourth-order valence-electron chi connectivity index (χ4n) is 6.37. The number of carbonyl (C=O) groups is 4. The molecule has 0 aliphatic heterocycles. The third-order valence-electron chi connectivity index (χ3n) is 7.75. The van der Waals surface area contributed by atoms with Crippen LogP contribution >= 0.6 is 0 Å². The number of rotatable bonds is 4. The van der Waals surface area contributed by atoms with Crippen LogP contribution in [0.3, 0.4) is 0 Å². The van der Waals surface area contributed by atoms with Crippen molar-refractivity contribution < 1.29 is 39.6 Å². The fraction of sp³-hybridized carbons (Fsp3) is 0.481. The van der Waals surface area contributed by atoms with Crippen LogP contribution in [0, 0.1) is 23.2 Å². The second kappa shape index (κ2) is 8.30. The number of amides is 1. The summed E-state index contributed by atoms with van der Waals surface area (Å²) < 4.78 is 0. The highest BCUT2D eigenvalue weighted by atomic mass is 16.3. The number of hydrogen-bond donors (Lipinski definition) is 5. The molecule has 0 aromatic heterocycles. The summed E-state index contributed by atoms with van der Waals surface area (Å²) in [4.78, 5) is 51.8. The molecule has 192 valence electrons. The van der Waals surface area contributed by atoms with Crippen LogP contribution in [0.1, 0.15) is 64.0 Å². The van der Waals surface area contributed by atoms with Gasteiger partial charge in [-0.05, 0) is 28.9 Å². The van der Waals surface area contributed by atoms with E-state index in [-0.39, 0.29) is 40.9 Å². The maximum atomic E-state index is 13.8. The van der Waals surface area contributed by atoms with Gasteiger partial charge in [-0.1, -0.05) is 39.8 Å². The number of phenols is 1. The second-order valence-corrected chi connectivity index (χ2v) is 11.4. The number of aliphatic hydroxyl groups excluding tert-OH is 2. The molecule has 0 radical (unpaired) electrons. The topological polar surface area (TPSA) is 175 Å². The number of hydrogen-bond acceptors (Lipinski definition) is 8. The molecule has 1 saturated carbocycles.